The molecule has 0 saturated carbocycles. The summed E-state index contributed by atoms with van der Waals surface area (Å²) in [5.74, 6) is -1.35. The molecule has 19 heteroatoms. The molecule has 17 nitrogen and oxygen atoms in total. The molecule has 602 valence electrons. The van der Waals surface area contributed by atoms with Crippen molar-refractivity contribution in [3.63, 3.8) is 0 Å². The van der Waals surface area contributed by atoms with Gasteiger partial charge >= 0.3 is 39.5 Å². The number of hydrogen-bond acceptors (Lipinski definition) is 15. The molecule has 0 aromatic rings. The molecular weight excluding hydrogens is 1330 g/mol. The number of carbonyl (C=O) groups excluding carboxylic acids is 4. The summed E-state index contributed by atoms with van der Waals surface area (Å²) >= 11 is 0. The van der Waals surface area contributed by atoms with Crippen LogP contribution in [0.2, 0.25) is 0 Å². The van der Waals surface area contributed by atoms with E-state index >= 15 is 0 Å². The molecule has 0 aliphatic carbocycles. The Labute approximate surface area is 624 Å². The summed E-state index contributed by atoms with van der Waals surface area (Å²) in [6.07, 6.45) is 70.2. The highest BCUT2D eigenvalue weighted by atomic mass is 31.2. The molecule has 3 N–H and O–H groups in total. The molecule has 0 spiro atoms. The number of esters is 4. The fourth-order valence-corrected chi connectivity index (χ4v) is 14.0. The SMILES string of the molecule is CCCCCC/C=C\C=C/CCCCCCCC(=O)O[C@H](COC(=O)CCCCCCCCCCCC)COP(=O)(O)OC[C@H](O)COP(=O)(O)OC[C@@H](COC(=O)CCCCCCCCCCCCCCCC(C)C)OC(=O)CCCCCCCCCCCCCCCCCCCCCCC. The monoisotopic (exact) mass is 1490 g/mol. The molecule has 5 atom stereocenters. The Kier molecular flexibility index (Phi) is 73.5. The van der Waals surface area contributed by atoms with Crippen LogP contribution in [-0.2, 0) is 65.4 Å². The molecule has 0 saturated heterocycles. The van der Waals surface area contributed by atoms with Crippen molar-refractivity contribution < 1.29 is 80.2 Å². The van der Waals surface area contributed by atoms with E-state index < -0.39 is 97.5 Å². The van der Waals surface area contributed by atoms with Crippen LogP contribution in [0.1, 0.15) is 420 Å². The number of ether oxygens (including phenoxy) is 4. The average Bonchev–Trinajstić information content (AvgIpc) is 0.911. The molecule has 102 heavy (non-hydrogen) atoms. The summed E-state index contributed by atoms with van der Waals surface area (Å²) in [5, 5.41) is 10.6. The van der Waals surface area contributed by atoms with Gasteiger partial charge in [-0.05, 0) is 57.3 Å². The Balaban J connectivity index is 5.25. The van der Waals surface area contributed by atoms with Crippen LogP contribution in [0, 0.1) is 5.92 Å². The summed E-state index contributed by atoms with van der Waals surface area (Å²) in [7, 11) is -9.93. The van der Waals surface area contributed by atoms with Gasteiger partial charge in [-0.3, -0.25) is 37.3 Å². The summed E-state index contributed by atoms with van der Waals surface area (Å²) < 4.78 is 68.7. The maximum Gasteiger partial charge on any atom is 0.472 e. The van der Waals surface area contributed by atoms with Crippen molar-refractivity contribution in [2.75, 3.05) is 39.6 Å². The van der Waals surface area contributed by atoms with E-state index in [1.165, 1.54) is 231 Å². The van der Waals surface area contributed by atoms with Gasteiger partial charge < -0.3 is 33.8 Å². The molecule has 2 unspecified atom stereocenters. The zero-order valence-corrected chi connectivity index (χ0v) is 68.0. The number of carbonyl (C=O) groups is 4. The zero-order chi connectivity index (χ0) is 74.8. The van der Waals surface area contributed by atoms with Crippen LogP contribution in [0.4, 0.5) is 0 Å². The maximum atomic E-state index is 13.1. The highest BCUT2D eigenvalue weighted by Crippen LogP contribution is 2.45. The number of rotatable bonds is 81. The smallest absolute Gasteiger partial charge is 0.462 e. The van der Waals surface area contributed by atoms with E-state index in [2.05, 4.69) is 58.9 Å². The lowest BCUT2D eigenvalue weighted by Crippen LogP contribution is -2.30. The fourth-order valence-electron chi connectivity index (χ4n) is 12.4. The van der Waals surface area contributed by atoms with Gasteiger partial charge in [0.1, 0.15) is 19.3 Å². The first-order chi connectivity index (χ1) is 49.5. The first kappa shape index (κ1) is 99.5. The molecule has 0 aliphatic heterocycles. The minimum atomic E-state index is -4.97. The highest BCUT2D eigenvalue weighted by molar-refractivity contribution is 7.47. The van der Waals surface area contributed by atoms with Crippen molar-refractivity contribution in [1.29, 1.82) is 0 Å². The fraction of sp³-hybridized carbons (Fsp3) is 0.904. The highest BCUT2D eigenvalue weighted by Gasteiger charge is 2.30. The topological polar surface area (TPSA) is 237 Å². The third-order valence-electron chi connectivity index (χ3n) is 18.9. The van der Waals surface area contributed by atoms with Crippen LogP contribution < -0.4 is 0 Å². The molecular formula is C83H158O17P2. The predicted molar refractivity (Wildman–Crippen MR) is 418 cm³/mol. The van der Waals surface area contributed by atoms with Crippen molar-refractivity contribution in [2.24, 2.45) is 5.92 Å². The lowest BCUT2D eigenvalue weighted by molar-refractivity contribution is -0.161. The van der Waals surface area contributed by atoms with E-state index in [0.29, 0.717) is 25.7 Å². The average molecular weight is 1490 g/mol. The van der Waals surface area contributed by atoms with Crippen LogP contribution in [0.3, 0.4) is 0 Å². The first-order valence-corrected chi connectivity index (χ1v) is 45.4. The zero-order valence-electron chi connectivity index (χ0n) is 66.2. The number of phosphoric acid groups is 2. The van der Waals surface area contributed by atoms with E-state index in [0.717, 1.165) is 109 Å². The van der Waals surface area contributed by atoms with Gasteiger partial charge in [-0.15, -0.1) is 0 Å². The third-order valence-corrected chi connectivity index (χ3v) is 20.8. The van der Waals surface area contributed by atoms with E-state index in [9.17, 15) is 43.2 Å². The molecule has 0 fully saturated rings. The van der Waals surface area contributed by atoms with Crippen molar-refractivity contribution in [3.05, 3.63) is 24.3 Å². The second kappa shape index (κ2) is 75.4. The number of aliphatic hydroxyl groups is 1. The number of allylic oxidation sites excluding steroid dienone is 4. The van der Waals surface area contributed by atoms with Crippen molar-refractivity contribution in [1.82, 2.24) is 0 Å². The minimum absolute atomic E-state index is 0.0855. The summed E-state index contributed by atoms with van der Waals surface area (Å²) in [5.41, 5.74) is 0. The van der Waals surface area contributed by atoms with Crippen molar-refractivity contribution in [3.8, 4) is 0 Å². The van der Waals surface area contributed by atoms with Gasteiger partial charge in [0, 0.05) is 25.7 Å². The Morgan fingerprint density at radius 2 is 0.529 bits per heavy atom. The van der Waals surface area contributed by atoms with Gasteiger partial charge in [0.2, 0.25) is 0 Å². The second-order valence-electron chi connectivity index (χ2n) is 29.7. The largest absolute Gasteiger partial charge is 0.472 e. The number of hydrogen-bond donors (Lipinski definition) is 3. The lowest BCUT2D eigenvalue weighted by Gasteiger charge is -2.21. The quantitative estimate of drug-likeness (QED) is 0.0169. The number of unbranched alkanes of at least 4 members (excludes halogenated alkanes) is 50. The van der Waals surface area contributed by atoms with Gasteiger partial charge in [-0.25, -0.2) is 9.13 Å². The Morgan fingerprint density at radius 3 is 0.804 bits per heavy atom. The van der Waals surface area contributed by atoms with Gasteiger partial charge in [-0.1, -0.05) is 367 Å². The molecule has 0 radical (unpaired) electrons. The molecule has 0 bridgehead atoms. The standard InChI is InChI=1S/C83H158O17P2/c1-6-9-12-15-18-21-24-26-28-29-30-31-32-33-35-39-44-49-54-59-64-69-83(88)100-79(73-94-81(86)67-62-57-52-47-42-40-36-37-41-45-50-55-60-65-76(4)5)75-98-102(91,92)96-71-77(84)70-95-101(89,90)97-74-78(72-93-80(85)66-61-56-51-46-23-20-17-14-11-8-3)99-82(87)68-63-58-53-48-43-38-34-27-25-22-19-16-13-10-7-2/h22,25,27,34,76-79,84H,6-21,23-24,26,28-33,35-75H2,1-5H3,(H,89,90)(H,91,92)/b25-22-,34-27-/t77-,78+,79+/m0/s1. The van der Waals surface area contributed by atoms with Crippen LogP contribution in [0.5, 0.6) is 0 Å². The summed E-state index contributed by atoms with van der Waals surface area (Å²) in [4.78, 5) is 73.0. The van der Waals surface area contributed by atoms with Crippen LogP contribution >= 0.6 is 15.6 Å². The van der Waals surface area contributed by atoms with E-state index in [4.69, 9.17) is 37.0 Å². The molecule has 0 aromatic heterocycles. The Morgan fingerprint density at radius 1 is 0.304 bits per heavy atom. The Hall–Kier alpha value is -2.46. The van der Waals surface area contributed by atoms with Gasteiger partial charge in [0.15, 0.2) is 12.2 Å². The lowest BCUT2D eigenvalue weighted by atomic mass is 10.0. The molecule has 0 aromatic carbocycles. The summed E-state index contributed by atoms with van der Waals surface area (Å²) in [6, 6.07) is 0. The van der Waals surface area contributed by atoms with Crippen LogP contribution in [0.25, 0.3) is 0 Å². The molecule has 0 amide bonds. The predicted octanol–water partition coefficient (Wildman–Crippen LogP) is 24.8. The van der Waals surface area contributed by atoms with Gasteiger partial charge in [0.05, 0.1) is 26.4 Å². The normalized spacial score (nSPS) is 14.0. The second-order valence-corrected chi connectivity index (χ2v) is 32.6. The van der Waals surface area contributed by atoms with Crippen LogP contribution in [0.15, 0.2) is 24.3 Å². The Bertz CT molecular complexity index is 2040. The molecule has 0 aliphatic rings. The van der Waals surface area contributed by atoms with Crippen molar-refractivity contribution in [2.45, 2.75) is 438 Å². The third kappa shape index (κ3) is 75.8. The molecule has 0 rings (SSSR count). The van der Waals surface area contributed by atoms with E-state index in [1.807, 2.05) is 0 Å². The van der Waals surface area contributed by atoms with Crippen LogP contribution in [-0.4, -0.2) is 96.7 Å². The van der Waals surface area contributed by atoms with E-state index in [-0.39, 0.29) is 25.7 Å². The summed E-state index contributed by atoms with van der Waals surface area (Å²) in [6.45, 7) is 7.28. The van der Waals surface area contributed by atoms with Gasteiger partial charge in [0.25, 0.3) is 0 Å². The van der Waals surface area contributed by atoms with Gasteiger partial charge in [-0.2, -0.15) is 0 Å². The maximum absolute atomic E-state index is 13.1. The van der Waals surface area contributed by atoms with Crippen molar-refractivity contribution >= 4 is 39.5 Å². The first-order valence-electron chi connectivity index (χ1n) is 42.5. The van der Waals surface area contributed by atoms with E-state index in [1.54, 1.807) is 0 Å². The number of aliphatic hydroxyl groups excluding tert-OH is 1. The molecule has 0 heterocycles. The number of phosphoric ester groups is 2. The minimum Gasteiger partial charge on any atom is -0.462 e.